The maximum absolute atomic E-state index is 10.7. The van der Waals surface area contributed by atoms with Gasteiger partial charge < -0.3 is 9.63 Å². The Bertz CT molecular complexity index is 396. The van der Waals surface area contributed by atoms with E-state index in [1.165, 1.54) is 0 Å². The van der Waals surface area contributed by atoms with Gasteiger partial charge in [0, 0.05) is 5.56 Å². The number of carboxylic acid groups (broad SMARTS) is 1. The first-order valence-corrected chi connectivity index (χ1v) is 4.70. The lowest BCUT2D eigenvalue weighted by atomic mass is 9.96. The average Bonchev–Trinajstić information content (AvgIpc) is 2.42. The van der Waals surface area contributed by atoms with Gasteiger partial charge in [0.05, 0.1) is 0 Å². The first-order valence-electron chi connectivity index (χ1n) is 4.70. The van der Waals surface area contributed by atoms with Crippen LogP contribution in [0.2, 0.25) is 0 Å². The highest BCUT2D eigenvalue weighted by molar-refractivity contribution is 5.87. The van der Waals surface area contributed by atoms with E-state index in [9.17, 15) is 4.79 Å². The Morgan fingerprint density at radius 1 is 1.47 bits per heavy atom. The van der Waals surface area contributed by atoms with Gasteiger partial charge in [-0.3, -0.25) is 0 Å². The maximum atomic E-state index is 10.7. The van der Waals surface area contributed by atoms with E-state index >= 15 is 0 Å². The van der Waals surface area contributed by atoms with Crippen LogP contribution in [0.1, 0.15) is 42.6 Å². The molecular formula is C11H15NO3. The van der Waals surface area contributed by atoms with Gasteiger partial charge in [-0.25, -0.2) is 4.79 Å². The topological polar surface area (TPSA) is 63.3 Å². The SMILES string of the molecule is Cc1c(C(=O)O)noc1/C=C/C(C)(C)C. The molecule has 15 heavy (non-hydrogen) atoms. The van der Waals surface area contributed by atoms with Crippen LogP contribution >= 0.6 is 0 Å². The Morgan fingerprint density at radius 2 is 2.07 bits per heavy atom. The quantitative estimate of drug-likeness (QED) is 0.813. The lowest BCUT2D eigenvalue weighted by Gasteiger charge is -2.10. The zero-order chi connectivity index (χ0) is 11.6. The number of aromatic nitrogens is 1. The summed E-state index contributed by atoms with van der Waals surface area (Å²) in [7, 11) is 0. The van der Waals surface area contributed by atoms with Gasteiger partial charge >= 0.3 is 5.97 Å². The summed E-state index contributed by atoms with van der Waals surface area (Å²) in [6, 6.07) is 0. The number of carbonyl (C=O) groups is 1. The number of hydrogen-bond donors (Lipinski definition) is 1. The van der Waals surface area contributed by atoms with Crippen molar-refractivity contribution in [2.45, 2.75) is 27.7 Å². The molecule has 0 unspecified atom stereocenters. The second-order valence-electron chi connectivity index (χ2n) is 4.52. The predicted octanol–water partition coefficient (Wildman–Crippen LogP) is 2.74. The molecule has 1 aromatic heterocycles. The van der Waals surface area contributed by atoms with Crippen LogP contribution in [0.15, 0.2) is 10.6 Å². The number of nitrogens with zero attached hydrogens (tertiary/aromatic N) is 1. The van der Waals surface area contributed by atoms with Crippen molar-refractivity contribution in [2.24, 2.45) is 5.41 Å². The lowest BCUT2D eigenvalue weighted by molar-refractivity contribution is 0.0685. The number of aromatic carboxylic acids is 1. The Morgan fingerprint density at radius 3 is 2.47 bits per heavy atom. The molecule has 0 aromatic carbocycles. The summed E-state index contributed by atoms with van der Waals surface area (Å²) in [4.78, 5) is 10.7. The lowest BCUT2D eigenvalue weighted by Crippen LogP contribution is -1.99. The summed E-state index contributed by atoms with van der Waals surface area (Å²) in [5.74, 6) is -0.561. The van der Waals surface area contributed by atoms with Gasteiger partial charge in [-0.15, -0.1) is 0 Å². The third-order valence-corrected chi connectivity index (χ3v) is 1.90. The van der Waals surface area contributed by atoms with E-state index < -0.39 is 5.97 Å². The van der Waals surface area contributed by atoms with Crippen molar-refractivity contribution >= 4 is 12.0 Å². The summed E-state index contributed by atoms with van der Waals surface area (Å²) < 4.78 is 4.93. The van der Waals surface area contributed by atoms with Crippen molar-refractivity contribution in [1.29, 1.82) is 0 Å². The van der Waals surface area contributed by atoms with E-state index in [1.807, 2.05) is 26.8 Å². The molecule has 0 saturated carbocycles. The zero-order valence-corrected chi connectivity index (χ0v) is 9.37. The molecule has 0 atom stereocenters. The van der Waals surface area contributed by atoms with Crippen molar-refractivity contribution in [2.75, 3.05) is 0 Å². The van der Waals surface area contributed by atoms with Gasteiger partial charge in [0.25, 0.3) is 0 Å². The van der Waals surface area contributed by atoms with Crippen molar-refractivity contribution in [1.82, 2.24) is 5.16 Å². The molecule has 4 nitrogen and oxygen atoms in total. The molecule has 0 aliphatic heterocycles. The Balaban J connectivity index is 2.98. The summed E-state index contributed by atoms with van der Waals surface area (Å²) >= 11 is 0. The molecule has 1 N–H and O–H groups in total. The molecule has 0 radical (unpaired) electrons. The molecule has 0 amide bonds. The standard InChI is InChI=1S/C11H15NO3/c1-7-8(5-6-11(2,3)4)15-12-9(7)10(13)14/h5-6H,1-4H3,(H,13,14)/b6-5+. The summed E-state index contributed by atoms with van der Waals surface area (Å²) in [5.41, 5.74) is 0.564. The Hall–Kier alpha value is -1.58. The minimum Gasteiger partial charge on any atom is -0.476 e. The van der Waals surface area contributed by atoms with E-state index in [1.54, 1.807) is 13.0 Å². The van der Waals surface area contributed by atoms with E-state index in [0.29, 0.717) is 11.3 Å². The fraction of sp³-hybridized carbons (Fsp3) is 0.455. The molecular weight excluding hydrogens is 194 g/mol. The van der Waals surface area contributed by atoms with E-state index in [4.69, 9.17) is 9.63 Å². The highest BCUT2D eigenvalue weighted by Gasteiger charge is 2.16. The van der Waals surface area contributed by atoms with Crippen LogP contribution in [-0.4, -0.2) is 16.2 Å². The molecule has 0 spiro atoms. The van der Waals surface area contributed by atoms with Gasteiger partial charge in [-0.2, -0.15) is 0 Å². The van der Waals surface area contributed by atoms with Crippen LogP contribution in [0.25, 0.3) is 6.08 Å². The first-order chi connectivity index (χ1) is 6.81. The van der Waals surface area contributed by atoms with Gasteiger partial charge in [0.2, 0.25) is 0 Å². The second-order valence-corrected chi connectivity index (χ2v) is 4.52. The molecule has 0 fully saturated rings. The average molecular weight is 209 g/mol. The predicted molar refractivity (Wildman–Crippen MR) is 56.7 cm³/mol. The summed E-state index contributed by atoms with van der Waals surface area (Å²) in [5, 5.41) is 12.3. The highest BCUT2D eigenvalue weighted by Crippen LogP contribution is 2.20. The van der Waals surface area contributed by atoms with Crippen molar-refractivity contribution in [3.8, 4) is 0 Å². The van der Waals surface area contributed by atoms with Gasteiger partial charge in [-0.05, 0) is 18.4 Å². The number of hydrogen-bond acceptors (Lipinski definition) is 3. The van der Waals surface area contributed by atoms with Gasteiger partial charge in [0.15, 0.2) is 11.5 Å². The fourth-order valence-electron chi connectivity index (χ4n) is 1.03. The smallest absolute Gasteiger partial charge is 0.358 e. The van der Waals surface area contributed by atoms with Crippen molar-refractivity contribution in [3.05, 3.63) is 23.1 Å². The summed E-state index contributed by atoms with van der Waals surface area (Å²) in [6.45, 7) is 7.83. The third-order valence-electron chi connectivity index (χ3n) is 1.90. The normalized spacial score (nSPS) is 12.3. The summed E-state index contributed by atoms with van der Waals surface area (Å²) in [6.07, 6.45) is 3.71. The second kappa shape index (κ2) is 3.88. The molecule has 4 heteroatoms. The highest BCUT2D eigenvalue weighted by atomic mass is 16.5. The number of rotatable bonds is 2. The van der Waals surface area contributed by atoms with Crippen LogP contribution in [0.3, 0.4) is 0 Å². The van der Waals surface area contributed by atoms with E-state index in [2.05, 4.69) is 5.16 Å². The Kier molecular flexibility index (Phi) is 2.98. The van der Waals surface area contributed by atoms with Crippen LogP contribution < -0.4 is 0 Å². The van der Waals surface area contributed by atoms with Crippen molar-refractivity contribution in [3.63, 3.8) is 0 Å². The van der Waals surface area contributed by atoms with Crippen LogP contribution in [0.5, 0.6) is 0 Å². The Labute approximate surface area is 88.6 Å². The molecule has 82 valence electrons. The van der Waals surface area contributed by atoms with Gasteiger partial charge in [-0.1, -0.05) is 32.0 Å². The fourth-order valence-corrected chi connectivity index (χ4v) is 1.03. The van der Waals surface area contributed by atoms with E-state index in [-0.39, 0.29) is 11.1 Å². The first kappa shape index (κ1) is 11.5. The third kappa shape index (κ3) is 2.94. The molecule has 1 aromatic rings. The molecule has 0 aliphatic rings. The number of allylic oxidation sites excluding steroid dienone is 1. The monoisotopic (exact) mass is 209 g/mol. The number of carboxylic acids is 1. The van der Waals surface area contributed by atoms with Crippen LogP contribution in [-0.2, 0) is 0 Å². The minimum atomic E-state index is -1.06. The largest absolute Gasteiger partial charge is 0.476 e. The molecule has 0 bridgehead atoms. The van der Waals surface area contributed by atoms with Crippen molar-refractivity contribution < 1.29 is 14.4 Å². The zero-order valence-electron chi connectivity index (χ0n) is 9.37. The molecule has 0 saturated heterocycles. The molecule has 1 rings (SSSR count). The van der Waals surface area contributed by atoms with Gasteiger partial charge in [0.1, 0.15) is 0 Å². The minimum absolute atomic E-state index is 0.0245. The molecule has 1 heterocycles. The maximum Gasteiger partial charge on any atom is 0.358 e. The van der Waals surface area contributed by atoms with Crippen LogP contribution in [0.4, 0.5) is 0 Å². The van der Waals surface area contributed by atoms with E-state index in [0.717, 1.165) is 0 Å². The van der Waals surface area contributed by atoms with Crippen LogP contribution in [0, 0.1) is 12.3 Å². The molecule has 0 aliphatic carbocycles.